The number of H-pyrrole nitrogens is 1. The molecule has 1 aliphatic rings. The zero-order valence-electron chi connectivity index (χ0n) is 19.2. The van der Waals surface area contributed by atoms with Crippen molar-refractivity contribution in [2.75, 3.05) is 6.54 Å². The molecule has 1 amide bonds. The van der Waals surface area contributed by atoms with Crippen molar-refractivity contribution in [1.29, 1.82) is 0 Å². The molecular formula is C28H26ClN3O2. The molecule has 0 radical (unpaired) electrons. The van der Waals surface area contributed by atoms with Crippen LogP contribution in [0.25, 0.3) is 11.3 Å². The van der Waals surface area contributed by atoms with Crippen LogP contribution in [0.4, 0.5) is 0 Å². The number of fused-ring (bicyclic) bond motifs is 1. The quantitative estimate of drug-likeness (QED) is 0.334. The summed E-state index contributed by atoms with van der Waals surface area (Å²) in [5.74, 6) is 1.10. The van der Waals surface area contributed by atoms with E-state index in [1.807, 2.05) is 83.8 Å². The van der Waals surface area contributed by atoms with Gasteiger partial charge in [-0.25, -0.2) is 0 Å². The summed E-state index contributed by atoms with van der Waals surface area (Å²) in [6, 6.07) is 25.4. The zero-order chi connectivity index (χ0) is 23.7. The fourth-order valence-corrected chi connectivity index (χ4v) is 4.57. The minimum atomic E-state index is -0.225. The molecule has 2 heterocycles. The van der Waals surface area contributed by atoms with Crippen molar-refractivity contribution in [1.82, 2.24) is 15.1 Å². The molecule has 6 heteroatoms. The van der Waals surface area contributed by atoms with Crippen LogP contribution < -0.4 is 4.74 Å². The van der Waals surface area contributed by atoms with Gasteiger partial charge in [-0.05, 0) is 41.3 Å². The van der Waals surface area contributed by atoms with Gasteiger partial charge in [0, 0.05) is 22.7 Å². The number of nitrogens with zero attached hydrogens (tertiary/aromatic N) is 2. The molecule has 0 saturated heterocycles. The SMILES string of the molecule is CC(C)CN1C(=O)c2[nH]nc(-c3ccc(Cl)cc3)c2C1c1ccc(OCc2ccccc2)cc1. The first-order valence-electron chi connectivity index (χ1n) is 11.4. The van der Waals surface area contributed by atoms with Crippen LogP contribution in [0.1, 0.15) is 47.1 Å². The molecule has 0 spiro atoms. The van der Waals surface area contributed by atoms with E-state index in [2.05, 4.69) is 24.0 Å². The molecule has 0 fully saturated rings. The minimum absolute atomic E-state index is 0.0224. The van der Waals surface area contributed by atoms with Gasteiger partial charge >= 0.3 is 0 Å². The van der Waals surface area contributed by atoms with Gasteiger partial charge in [0.15, 0.2) is 0 Å². The Hall–Kier alpha value is -3.57. The maximum absolute atomic E-state index is 13.3. The number of hydrogen-bond donors (Lipinski definition) is 1. The molecule has 1 aromatic heterocycles. The van der Waals surface area contributed by atoms with Gasteiger partial charge in [-0.3, -0.25) is 9.89 Å². The van der Waals surface area contributed by atoms with Crippen molar-refractivity contribution in [2.24, 2.45) is 5.92 Å². The van der Waals surface area contributed by atoms with E-state index in [1.165, 1.54) is 0 Å². The first-order chi connectivity index (χ1) is 16.5. The highest BCUT2D eigenvalue weighted by Gasteiger charge is 2.42. The fraction of sp³-hybridized carbons (Fsp3) is 0.214. The van der Waals surface area contributed by atoms with Gasteiger partial charge in [0.25, 0.3) is 5.91 Å². The van der Waals surface area contributed by atoms with Crippen molar-refractivity contribution in [3.8, 4) is 17.0 Å². The third-order valence-corrected chi connectivity index (χ3v) is 6.24. The minimum Gasteiger partial charge on any atom is -0.489 e. The highest BCUT2D eigenvalue weighted by atomic mass is 35.5. The van der Waals surface area contributed by atoms with Crippen molar-refractivity contribution in [3.63, 3.8) is 0 Å². The molecule has 4 aromatic rings. The molecule has 3 aromatic carbocycles. The van der Waals surface area contributed by atoms with Crippen LogP contribution in [0.15, 0.2) is 78.9 Å². The molecule has 0 aliphatic carbocycles. The lowest BCUT2D eigenvalue weighted by atomic mass is 9.95. The number of carbonyl (C=O) groups excluding carboxylic acids is 1. The number of nitrogens with one attached hydrogen (secondary N) is 1. The van der Waals surface area contributed by atoms with Gasteiger partial charge in [-0.1, -0.05) is 80.0 Å². The lowest BCUT2D eigenvalue weighted by molar-refractivity contribution is 0.0722. The Labute approximate surface area is 204 Å². The number of aromatic nitrogens is 2. The van der Waals surface area contributed by atoms with E-state index in [-0.39, 0.29) is 11.9 Å². The molecule has 5 nitrogen and oxygen atoms in total. The van der Waals surface area contributed by atoms with Crippen molar-refractivity contribution in [3.05, 3.63) is 106 Å². The molecule has 0 bridgehead atoms. The summed E-state index contributed by atoms with van der Waals surface area (Å²) >= 11 is 6.10. The topological polar surface area (TPSA) is 58.2 Å². The first-order valence-corrected chi connectivity index (χ1v) is 11.8. The lowest BCUT2D eigenvalue weighted by Gasteiger charge is -2.28. The molecule has 0 saturated carbocycles. The number of ether oxygens (including phenoxy) is 1. The van der Waals surface area contributed by atoms with Crippen LogP contribution >= 0.6 is 11.6 Å². The summed E-state index contributed by atoms with van der Waals surface area (Å²) in [7, 11) is 0. The Morgan fingerprint density at radius 1 is 1.00 bits per heavy atom. The third-order valence-electron chi connectivity index (χ3n) is 5.99. The van der Waals surface area contributed by atoms with Gasteiger partial charge in [0.1, 0.15) is 18.1 Å². The fourth-order valence-electron chi connectivity index (χ4n) is 4.44. The summed E-state index contributed by atoms with van der Waals surface area (Å²) in [4.78, 5) is 15.3. The van der Waals surface area contributed by atoms with E-state index < -0.39 is 0 Å². The van der Waals surface area contributed by atoms with Crippen molar-refractivity contribution >= 4 is 17.5 Å². The van der Waals surface area contributed by atoms with E-state index in [9.17, 15) is 4.79 Å². The van der Waals surface area contributed by atoms with Gasteiger partial charge in [0.05, 0.1) is 11.7 Å². The summed E-state index contributed by atoms with van der Waals surface area (Å²) in [5.41, 5.74) is 5.31. The number of amides is 1. The molecule has 1 N–H and O–H groups in total. The lowest BCUT2D eigenvalue weighted by Crippen LogP contribution is -2.32. The highest BCUT2D eigenvalue weighted by molar-refractivity contribution is 6.30. The number of hydrogen-bond acceptors (Lipinski definition) is 3. The maximum atomic E-state index is 13.3. The maximum Gasteiger partial charge on any atom is 0.273 e. The van der Waals surface area contributed by atoms with Gasteiger partial charge in [-0.15, -0.1) is 0 Å². The highest BCUT2D eigenvalue weighted by Crippen LogP contribution is 2.43. The van der Waals surface area contributed by atoms with Crippen molar-refractivity contribution < 1.29 is 9.53 Å². The van der Waals surface area contributed by atoms with Crippen LogP contribution in [0.2, 0.25) is 5.02 Å². The van der Waals surface area contributed by atoms with Crippen LogP contribution in [-0.4, -0.2) is 27.5 Å². The largest absolute Gasteiger partial charge is 0.489 e. The second kappa shape index (κ2) is 9.35. The average molecular weight is 472 g/mol. The summed E-state index contributed by atoms with van der Waals surface area (Å²) in [5, 5.41) is 8.18. The Morgan fingerprint density at radius 2 is 1.71 bits per heavy atom. The molecular weight excluding hydrogens is 446 g/mol. The number of carbonyl (C=O) groups is 1. The number of benzene rings is 3. The predicted molar refractivity (Wildman–Crippen MR) is 134 cm³/mol. The third kappa shape index (κ3) is 4.31. The Bertz CT molecular complexity index is 1280. The Balaban J connectivity index is 1.48. The van der Waals surface area contributed by atoms with Crippen LogP contribution in [0.3, 0.4) is 0 Å². The molecule has 1 unspecified atom stereocenters. The molecule has 1 aliphatic heterocycles. The van der Waals surface area contributed by atoms with Crippen LogP contribution in [0, 0.1) is 5.92 Å². The van der Waals surface area contributed by atoms with E-state index in [1.54, 1.807) is 0 Å². The summed E-state index contributed by atoms with van der Waals surface area (Å²) in [6.45, 7) is 5.40. The monoisotopic (exact) mass is 471 g/mol. The van der Waals surface area contributed by atoms with E-state index in [0.29, 0.717) is 29.8 Å². The number of aromatic amines is 1. The Morgan fingerprint density at radius 3 is 2.38 bits per heavy atom. The summed E-state index contributed by atoms with van der Waals surface area (Å²) < 4.78 is 5.97. The standard InChI is InChI=1S/C28H26ClN3O2/c1-18(2)16-32-27(21-10-14-23(15-11-21)34-17-19-6-4-3-5-7-19)24-25(30-31-26(24)28(32)33)20-8-12-22(29)13-9-20/h3-15,18,27H,16-17H2,1-2H3,(H,30,31). The van der Waals surface area contributed by atoms with E-state index in [4.69, 9.17) is 16.3 Å². The van der Waals surface area contributed by atoms with Gasteiger partial charge in [0.2, 0.25) is 0 Å². The van der Waals surface area contributed by atoms with Crippen LogP contribution in [-0.2, 0) is 6.61 Å². The zero-order valence-corrected chi connectivity index (χ0v) is 19.9. The second-order valence-electron chi connectivity index (χ2n) is 8.96. The molecule has 1 atom stereocenters. The molecule has 34 heavy (non-hydrogen) atoms. The van der Waals surface area contributed by atoms with Crippen molar-refractivity contribution in [2.45, 2.75) is 26.5 Å². The van der Waals surface area contributed by atoms with Crippen LogP contribution in [0.5, 0.6) is 5.75 Å². The van der Waals surface area contributed by atoms with E-state index in [0.717, 1.165) is 33.7 Å². The number of halogens is 1. The average Bonchev–Trinajstić information content (AvgIpc) is 3.38. The van der Waals surface area contributed by atoms with E-state index >= 15 is 0 Å². The second-order valence-corrected chi connectivity index (χ2v) is 9.40. The predicted octanol–water partition coefficient (Wildman–Crippen LogP) is 6.51. The normalized spacial score (nSPS) is 15.1. The van der Waals surface area contributed by atoms with Gasteiger partial charge in [-0.2, -0.15) is 5.10 Å². The first kappa shape index (κ1) is 22.2. The smallest absolute Gasteiger partial charge is 0.273 e. The number of rotatable bonds is 7. The Kier molecular flexibility index (Phi) is 6.12. The molecule has 5 rings (SSSR count). The summed E-state index contributed by atoms with van der Waals surface area (Å²) in [6.07, 6.45) is 0. The van der Waals surface area contributed by atoms with Gasteiger partial charge < -0.3 is 9.64 Å². The molecule has 172 valence electrons.